The van der Waals surface area contributed by atoms with Gasteiger partial charge in [-0.3, -0.25) is 9.80 Å². The number of fused-ring (bicyclic) bond motifs is 8. The van der Waals surface area contributed by atoms with Crippen LogP contribution in [0.5, 0.6) is 0 Å². The Hall–Kier alpha value is -6.93. The van der Waals surface area contributed by atoms with Crippen molar-refractivity contribution >= 4 is 102 Å². The normalized spacial score (nSPS) is 18.9. The van der Waals surface area contributed by atoms with Crippen LogP contribution < -0.4 is 15.3 Å². The molecule has 0 radical (unpaired) electrons. The molecule has 8 aromatic heterocycles. The number of nitrogens with one attached hydrogen (secondary N) is 2. The number of furan rings is 2. The summed E-state index contributed by atoms with van der Waals surface area (Å²) in [6.45, 7) is 18.7. The maximum absolute atomic E-state index is 14.4. The fourth-order valence-electron chi connectivity index (χ4n) is 11.1. The molecule has 5 fully saturated rings. The van der Waals surface area contributed by atoms with Gasteiger partial charge >= 0.3 is 7.12 Å². The first-order chi connectivity index (χ1) is 39.7. The molecule has 24 heteroatoms. The Labute approximate surface area is 475 Å². The Balaban J connectivity index is 0.000000122. The number of H-pyrrole nitrogens is 2. The number of benzene rings is 2. The second kappa shape index (κ2) is 22.0. The number of likely N-dealkylation sites (tertiary alicyclic amines) is 2. The molecule has 82 heavy (non-hydrogen) atoms. The predicted octanol–water partition coefficient (Wildman–Crippen LogP) is 8.42. The van der Waals surface area contributed by atoms with Crippen LogP contribution >= 0.6 is 11.6 Å². The minimum absolute atomic E-state index is 0.211. The number of aromatic amines is 2. The van der Waals surface area contributed by atoms with E-state index in [1.807, 2.05) is 52.2 Å². The third kappa shape index (κ3) is 10.3. The van der Waals surface area contributed by atoms with Gasteiger partial charge in [-0.25, -0.2) is 33.7 Å². The molecule has 20 nitrogen and oxygen atoms in total. The number of hydrogen-bond donors (Lipinski definition) is 2. The molecule has 5 aliphatic heterocycles. The van der Waals surface area contributed by atoms with Gasteiger partial charge < -0.3 is 56.9 Å². The molecule has 0 spiro atoms. The van der Waals surface area contributed by atoms with Crippen LogP contribution in [0, 0.1) is 11.6 Å². The van der Waals surface area contributed by atoms with Crippen molar-refractivity contribution in [3.63, 3.8) is 0 Å². The van der Waals surface area contributed by atoms with Crippen molar-refractivity contribution in [3.05, 3.63) is 101 Å². The number of halogens is 3. The molecule has 10 aromatic rings. The van der Waals surface area contributed by atoms with Gasteiger partial charge in [0.2, 0.25) is 16.7 Å². The third-order valence-corrected chi connectivity index (χ3v) is 16.6. The van der Waals surface area contributed by atoms with Gasteiger partial charge in [-0.2, -0.15) is 4.98 Å². The Bertz CT molecular complexity index is 3970. The minimum Gasteiger partial charge on any atom is -0.432 e. The number of hydrogen-bond acceptors (Lipinski definition) is 18. The monoisotopic (exact) mass is 1140 g/mol. The van der Waals surface area contributed by atoms with Crippen LogP contribution in [-0.2, 0) is 41.3 Å². The number of nitrogens with zero attached hydrogens (tertiary/aromatic N) is 10. The molecule has 5 aliphatic rings. The Morgan fingerprint density at radius 1 is 0.622 bits per heavy atom. The molecule has 426 valence electrons. The summed E-state index contributed by atoms with van der Waals surface area (Å²) < 4.78 is 74.1. The highest BCUT2D eigenvalue weighted by Crippen LogP contribution is 2.40. The molecule has 13 heterocycles. The molecule has 5 saturated heterocycles. The first-order valence-electron chi connectivity index (χ1n) is 27.6. The van der Waals surface area contributed by atoms with Crippen molar-refractivity contribution in [3.8, 4) is 11.4 Å². The quantitative estimate of drug-likeness (QED) is 0.0974. The van der Waals surface area contributed by atoms with Crippen LogP contribution in [0.1, 0.15) is 38.8 Å². The van der Waals surface area contributed by atoms with E-state index in [1.165, 1.54) is 12.1 Å². The first-order valence-corrected chi connectivity index (χ1v) is 27.9. The van der Waals surface area contributed by atoms with Crippen LogP contribution in [0.4, 0.5) is 20.4 Å². The third-order valence-electron chi connectivity index (χ3n) is 16.5. The van der Waals surface area contributed by atoms with Gasteiger partial charge in [0.05, 0.1) is 71.6 Å². The average molecular weight is 1140 g/mol. The number of aromatic nitrogens is 8. The van der Waals surface area contributed by atoms with Crippen LogP contribution in [-0.4, -0.2) is 173 Å². The number of morpholine rings is 2. The van der Waals surface area contributed by atoms with Gasteiger partial charge in [0.25, 0.3) is 0 Å². The van der Waals surface area contributed by atoms with Crippen molar-refractivity contribution in [2.45, 2.75) is 64.2 Å². The van der Waals surface area contributed by atoms with E-state index in [-0.39, 0.29) is 16.9 Å². The summed E-state index contributed by atoms with van der Waals surface area (Å²) in [6, 6.07) is 14.2. The highest BCUT2D eigenvalue weighted by molar-refractivity contribution is 6.65. The summed E-state index contributed by atoms with van der Waals surface area (Å²) in [5, 5.41) is 3.46. The van der Waals surface area contributed by atoms with Crippen LogP contribution in [0.2, 0.25) is 5.28 Å². The number of methoxy groups -OCH3 is 2. The van der Waals surface area contributed by atoms with Gasteiger partial charge in [-0.15, -0.1) is 0 Å². The molecule has 2 aromatic carbocycles. The molecule has 0 aliphatic carbocycles. The number of anilines is 2. The number of rotatable bonds is 10. The molecule has 15 rings (SSSR count). The SMILES string of the molecule is CC1(C)OB(c2ccc(F)c3[nH]ccc23)OC1(C)C.COC1CN(Cc2cnc3oc4c(N5CCOCC5)nc(-c5ccc(F)c6[nH]ccc56)nc4c3c2)C1.COC1CN(Cc2cnc3oc4c(N5CCOCC5)nc(Cl)nc4c3c2)C1. The van der Waals surface area contributed by atoms with Crippen molar-refractivity contribution in [2.24, 2.45) is 0 Å². The Kier molecular flexibility index (Phi) is 14.6. The standard InChI is InChI=1S/C26H25FN6O3.C18H20ClN5O3.C14H17BFNO2/c1-34-16-13-32(14-16)12-15-10-19-22-23(36-26(19)29-11-15)25(33-6-8-35-9-7-33)31-24(30-22)18-2-3-20(27)21-17(18)4-5-28-21;1-25-12-9-23(10-12)8-11-6-13-14-15(27-17(13)20-7-11)16(22-18(19)21-14)24-2-4-26-5-3-24;1-13(2)14(3,4)19-15(18-13)10-5-6-11(16)12-9(10)7-8-17-12/h2-5,10-11,16,28H,6-9,12-14H2,1H3;6-7,12H,2-5,8-10H2,1H3;5-8,17H,1-4H3. The van der Waals surface area contributed by atoms with Crippen LogP contribution in [0.3, 0.4) is 0 Å². The lowest BCUT2D eigenvalue weighted by Crippen LogP contribution is -2.50. The van der Waals surface area contributed by atoms with Gasteiger partial charge in [-0.05, 0) is 98.4 Å². The second-order valence-electron chi connectivity index (χ2n) is 22.3. The van der Waals surface area contributed by atoms with Gasteiger partial charge in [0.15, 0.2) is 28.6 Å². The summed E-state index contributed by atoms with van der Waals surface area (Å²) >= 11 is 6.22. The largest absolute Gasteiger partial charge is 0.495 e. The maximum Gasteiger partial charge on any atom is 0.495 e. The van der Waals surface area contributed by atoms with E-state index in [4.69, 9.17) is 58.7 Å². The van der Waals surface area contributed by atoms with Crippen LogP contribution in [0.25, 0.3) is 77.6 Å². The smallest absolute Gasteiger partial charge is 0.432 e. The predicted molar refractivity (Wildman–Crippen MR) is 309 cm³/mol. The Morgan fingerprint density at radius 3 is 1.65 bits per heavy atom. The molecule has 0 amide bonds. The van der Waals surface area contributed by atoms with Crippen molar-refractivity contribution in [2.75, 3.05) is 103 Å². The maximum atomic E-state index is 14.4. The average Bonchev–Trinajstić information content (AvgIpc) is 3.63. The molecule has 0 bridgehead atoms. The van der Waals surface area contributed by atoms with E-state index in [2.05, 4.69) is 61.6 Å². The molecular formula is C58H62BClF2N12O8. The lowest BCUT2D eigenvalue weighted by molar-refractivity contribution is -0.0334. The van der Waals surface area contributed by atoms with Crippen molar-refractivity contribution in [1.82, 2.24) is 49.7 Å². The fraction of sp³-hybridized carbons (Fsp3) is 0.414. The second-order valence-corrected chi connectivity index (χ2v) is 22.6. The summed E-state index contributed by atoms with van der Waals surface area (Å²) in [4.78, 5) is 42.7. The zero-order valence-corrected chi connectivity index (χ0v) is 47.2. The zero-order chi connectivity index (χ0) is 56.4. The summed E-state index contributed by atoms with van der Waals surface area (Å²) in [5.41, 5.74) is 7.69. The van der Waals surface area contributed by atoms with Gasteiger partial charge in [-0.1, -0.05) is 6.07 Å². The minimum atomic E-state index is -0.469. The fourth-order valence-corrected chi connectivity index (χ4v) is 11.3. The van der Waals surface area contributed by atoms with Crippen molar-refractivity contribution in [1.29, 1.82) is 0 Å². The topological polar surface area (TPSA) is 204 Å². The van der Waals surface area contributed by atoms with Crippen LogP contribution in [0.15, 0.2) is 82.2 Å². The van der Waals surface area contributed by atoms with E-state index in [9.17, 15) is 8.78 Å². The summed E-state index contributed by atoms with van der Waals surface area (Å²) in [7, 11) is 3.03. The Morgan fingerprint density at radius 2 is 1.11 bits per heavy atom. The molecule has 0 saturated carbocycles. The van der Waals surface area contributed by atoms with E-state index < -0.39 is 18.3 Å². The van der Waals surface area contributed by atoms with E-state index in [0.29, 0.717) is 114 Å². The van der Waals surface area contributed by atoms with Crippen molar-refractivity contribution < 1.29 is 45.9 Å². The van der Waals surface area contributed by atoms with Gasteiger partial charge in [0, 0.05) is 121 Å². The summed E-state index contributed by atoms with van der Waals surface area (Å²) in [5.74, 6) is 1.36. The first kappa shape index (κ1) is 54.3. The highest BCUT2D eigenvalue weighted by atomic mass is 35.5. The van der Waals surface area contributed by atoms with E-state index in [1.54, 1.807) is 38.7 Å². The molecular weight excluding hydrogens is 1080 g/mol. The van der Waals surface area contributed by atoms with E-state index in [0.717, 1.165) is 96.1 Å². The number of pyridine rings is 2. The molecule has 0 unspecified atom stereocenters. The summed E-state index contributed by atoms with van der Waals surface area (Å²) in [6.07, 6.45) is 7.79. The number of ether oxygens (including phenoxy) is 4. The van der Waals surface area contributed by atoms with Gasteiger partial charge in [0.1, 0.15) is 22.7 Å². The highest BCUT2D eigenvalue weighted by Gasteiger charge is 2.52. The molecule has 2 N–H and O–H groups in total. The zero-order valence-electron chi connectivity index (χ0n) is 46.4. The lowest BCUT2D eigenvalue weighted by Gasteiger charge is -2.38. The van der Waals surface area contributed by atoms with E-state index >= 15 is 0 Å². The lowest BCUT2D eigenvalue weighted by atomic mass is 9.77. The molecule has 0 atom stereocenters.